The summed E-state index contributed by atoms with van der Waals surface area (Å²) in [6.07, 6.45) is 1.83. The Morgan fingerprint density at radius 3 is 2.31 bits per heavy atom. The van der Waals surface area contributed by atoms with Gasteiger partial charge in [-0.1, -0.05) is 18.6 Å². The van der Waals surface area contributed by atoms with Crippen molar-refractivity contribution < 1.29 is 36.6 Å². The third-order valence-electron chi connectivity index (χ3n) is 7.34. The van der Waals surface area contributed by atoms with Crippen LogP contribution in [0.25, 0.3) is 0 Å². The van der Waals surface area contributed by atoms with Crippen LogP contribution in [-0.2, 0) is 25.9 Å². The van der Waals surface area contributed by atoms with Crippen LogP contribution in [0.1, 0.15) is 43.5 Å². The second kappa shape index (κ2) is 13.5. The number of hydrogen-bond donors (Lipinski definition) is 0. The van der Waals surface area contributed by atoms with Gasteiger partial charge in [-0.3, -0.25) is 4.90 Å². The normalized spacial score (nSPS) is 17.7. The number of halogens is 1. The number of ether oxygens (including phenoxy) is 4. The standard InChI is InChI=1S/C31H35FN2O7S/c1-2-38-31(35)41-30-28-7-6-8-29(39-22-21-33-18-4-3-5-19-33)27(28)17-20-34(30)42(36,37)26-15-13-25(14-16-26)40-24-11-9-23(32)10-12-24/h6-16,30H,2-5,17-22H2,1H3. The SMILES string of the molecule is CCOC(=O)OC1c2cccc(OCCN3CCCCC3)c2CCN1S(=O)(=O)c1ccc(Oc2ccc(F)cc2)cc1. The van der Waals surface area contributed by atoms with Crippen molar-refractivity contribution in [2.24, 2.45) is 0 Å². The summed E-state index contributed by atoms with van der Waals surface area (Å²) in [7, 11) is -4.11. The van der Waals surface area contributed by atoms with Gasteiger partial charge in [-0.2, -0.15) is 4.31 Å². The molecule has 2 aliphatic heterocycles. The van der Waals surface area contributed by atoms with E-state index in [1.807, 2.05) is 6.07 Å². The predicted molar refractivity (Wildman–Crippen MR) is 154 cm³/mol. The fourth-order valence-electron chi connectivity index (χ4n) is 5.24. The highest BCUT2D eigenvalue weighted by Crippen LogP contribution is 2.39. The Bertz CT molecular complexity index is 1460. The summed E-state index contributed by atoms with van der Waals surface area (Å²) < 4.78 is 64.6. The van der Waals surface area contributed by atoms with Crippen molar-refractivity contribution in [3.05, 3.63) is 83.7 Å². The molecular weight excluding hydrogens is 563 g/mol. The van der Waals surface area contributed by atoms with Crippen molar-refractivity contribution in [2.45, 2.75) is 43.7 Å². The number of carbonyl (C=O) groups excluding carboxylic acids is 1. The summed E-state index contributed by atoms with van der Waals surface area (Å²) in [4.78, 5) is 14.8. The van der Waals surface area contributed by atoms with Crippen LogP contribution in [0.2, 0.25) is 0 Å². The summed E-state index contributed by atoms with van der Waals surface area (Å²) >= 11 is 0. The average molecular weight is 599 g/mol. The second-order valence-corrected chi connectivity index (χ2v) is 12.0. The zero-order valence-corrected chi connectivity index (χ0v) is 24.4. The number of carbonyl (C=O) groups is 1. The summed E-state index contributed by atoms with van der Waals surface area (Å²) in [5.74, 6) is 1.07. The molecular formula is C31H35FN2O7S. The number of sulfonamides is 1. The number of hydrogen-bond acceptors (Lipinski definition) is 8. The molecule has 11 heteroatoms. The summed E-state index contributed by atoms with van der Waals surface area (Å²) in [6, 6.07) is 16.8. The van der Waals surface area contributed by atoms with E-state index >= 15 is 0 Å². The van der Waals surface area contributed by atoms with E-state index in [9.17, 15) is 17.6 Å². The molecule has 0 amide bonds. The molecule has 0 bridgehead atoms. The Labute approximate surface area is 245 Å². The van der Waals surface area contributed by atoms with E-state index in [2.05, 4.69) is 4.90 Å². The molecule has 2 heterocycles. The maximum atomic E-state index is 13.9. The Morgan fingerprint density at radius 1 is 0.929 bits per heavy atom. The first-order valence-electron chi connectivity index (χ1n) is 14.2. The van der Waals surface area contributed by atoms with Crippen molar-refractivity contribution >= 4 is 16.2 Å². The number of benzene rings is 3. The molecule has 9 nitrogen and oxygen atoms in total. The van der Waals surface area contributed by atoms with Gasteiger partial charge < -0.3 is 18.9 Å². The second-order valence-electron chi connectivity index (χ2n) is 10.1. The van der Waals surface area contributed by atoms with E-state index < -0.39 is 22.4 Å². The van der Waals surface area contributed by atoms with Gasteiger partial charge >= 0.3 is 6.16 Å². The minimum absolute atomic E-state index is 0.00352. The number of nitrogens with zero attached hydrogens (tertiary/aromatic N) is 2. The summed E-state index contributed by atoms with van der Waals surface area (Å²) in [5, 5.41) is 0. The summed E-state index contributed by atoms with van der Waals surface area (Å²) in [6.45, 7) is 5.26. The summed E-state index contributed by atoms with van der Waals surface area (Å²) in [5.41, 5.74) is 1.34. The van der Waals surface area contributed by atoms with Crippen molar-refractivity contribution in [2.75, 3.05) is 39.4 Å². The van der Waals surface area contributed by atoms with Gasteiger partial charge in [-0.05, 0) is 93.9 Å². The van der Waals surface area contributed by atoms with Gasteiger partial charge in [0.25, 0.3) is 0 Å². The molecule has 42 heavy (non-hydrogen) atoms. The molecule has 2 aliphatic rings. The molecule has 0 aromatic heterocycles. The smallest absolute Gasteiger partial charge is 0.492 e. The quantitative estimate of drug-likeness (QED) is 0.266. The monoisotopic (exact) mass is 598 g/mol. The number of fused-ring (bicyclic) bond motifs is 1. The third-order valence-corrected chi connectivity index (χ3v) is 9.20. The number of rotatable bonds is 10. The van der Waals surface area contributed by atoms with Gasteiger partial charge in [0.2, 0.25) is 10.0 Å². The van der Waals surface area contributed by atoms with E-state index in [1.54, 1.807) is 19.1 Å². The molecule has 224 valence electrons. The predicted octanol–water partition coefficient (Wildman–Crippen LogP) is 5.90. The van der Waals surface area contributed by atoms with Crippen LogP contribution in [0, 0.1) is 5.82 Å². The highest BCUT2D eigenvalue weighted by atomic mass is 32.2. The van der Waals surface area contributed by atoms with Crippen molar-refractivity contribution in [1.29, 1.82) is 0 Å². The van der Waals surface area contributed by atoms with Gasteiger partial charge in [-0.15, -0.1) is 0 Å². The topological polar surface area (TPSA) is 94.6 Å². The molecule has 3 aromatic rings. The molecule has 0 radical (unpaired) electrons. The lowest BCUT2D eigenvalue weighted by molar-refractivity contribution is -0.0218. The number of likely N-dealkylation sites (tertiary alicyclic amines) is 1. The van der Waals surface area contributed by atoms with E-state index in [-0.39, 0.29) is 23.9 Å². The molecule has 3 aromatic carbocycles. The van der Waals surface area contributed by atoms with Crippen LogP contribution in [-0.4, -0.2) is 63.2 Å². The maximum Gasteiger partial charge on any atom is 0.510 e. The van der Waals surface area contributed by atoms with Crippen molar-refractivity contribution in [1.82, 2.24) is 9.21 Å². The van der Waals surface area contributed by atoms with Crippen LogP contribution < -0.4 is 9.47 Å². The van der Waals surface area contributed by atoms with Crippen LogP contribution in [0.4, 0.5) is 9.18 Å². The third kappa shape index (κ3) is 7.03. The van der Waals surface area contributed by atoms with Gasteiger partial charge in [-0.25, -0.2) is 17.6 Å². The van der Waals surface area contributed by atoms with Gasteiger partial charge in [0.1, 0.15) is 29.7 Å². The zero-order valence-electron chi connectivity index (χ0n) is 23.5. The first-order valence-corrected chi connectivity index (χ1v) is 15.6. The minimum atomic E-state index is -4.11. The molecule has 0 N–H and O–H groups in total. The Morgan fingerprint density at radius 2 is 1.62 bits per heavy atom. The molecule has 1 atom stereocenters. The largest absolute Gasteiger partial charge is 0.510 e. The van der Waals surface area contributed by atoms with E-state index in [1.165, 1.54) is 72.1 Å². The van der Waals surface area contributed by atoms with Crippen molar-refractivity contribution in [3.8, 4) is 17.2 Å². The first kappa shape index (κ1) is 29.8. The van der Waals surface area contributed by atoms with Crippen LogP contribution in [0.5, 0.6) is 17.2 Å². The van der Waals surface area contributed by atoms with E-state index in [0.717, 1.165) is 25.2 Å². The zero-order chi connectivity index (χ0) is 29.5. The van der Waals surface area contributed by atoms with Crippen LogP contribution in [0.15, 0.2) is 71.6 Å². The fourth-order valence-corrected chi connectivity index (χ4v) is 6.74. The lowest BCUT2D eigenvalue weighted by Crippen LogP contribution is -2.42. The molecule has 0 spiro atoms. The van der Waals surface area contributed by atoms with E-state index in [0.29, 0.717) is 35.8 Å². The molecule has 1 fully saturated rings. The fraction of sp³-hybridized carbons (Fsp3) is 0.387. The lowest BCUT2D eigenvalue weighted by Gasteiger charge is -2.36. The molecule has 1 saturated heterocycles. The highest BCUT2D eigenvalue weighted by molar-refractivity contribution is 7.89. The van der Waals surface area contributed by atoms with Crippen LogP contribution in [0.3, 0.4) is 0 Å². The van der Waals surface area contributed by atoms with E-state index in [4.69, 9.17) is 18.9 Å². The average Bonchev–Trinajstić information content (AvgIpc) is 2.99. The van der Waals surface area contributed by atoms with Crippen molar-refractivity contribution in [3.63, 3.8) is 0 Å². The molecule has 1 unspecified atom stereocenters. The van der Waals surface area contributed by atoms with Crippen LogP contribution >= 0.6 is 0 Å². The molecule has 5 rings (SSSR count). The van der Waals surface area contributed by atoms with Gasteiger partial charge in [0.05, 0.1) is 11.5 Å². The lowest BCUT2D eigenvalue weighted by atomic mass is 9.98. The Balaban J connectivity index is 1.36. The number of piperidine rings is 1. The van der Waals surface area contributed by atoms with Gasteiger partial charge in [0, 0.05) is 24.2 Å². The van der Waals surface area contributed by atoms with Gasteiger partial charge in [0.15, 0.2) is 6.23 Å². The highest BCUT2D eigenvalue weighted by Gasteiger charge is 2.40. The molecule has 0 aliphatic carbocycles. The Hall–Kier alpha value is -3.67. The maximum absolute atomic E-state index is 13.9. The first-order chi connectivity index (χ1) is 20.3. The Kier molecular flexibility index (Phi) is 9.61. The minimum Gasteiger partial charge on any atom is -0.492 e. The molecule has 0 saturated carbocycles.